The van der Waals surface area contributed by atoms with Crippen molar-refractivity contribution in [2.24, 2.45) is 0 Å². The van der Waals surface area contributed by atoms with E-state index < -0.39 is 26.7 Å². The summed E-state index contributed by atoms with van der Waals surface area (Å²) in [6.07, 6.45) is -2.75. The van der Waals surface area contributed by atoms with Crippen LogP contribution in [0.15, 0.2) is 35.2 Å². The van der Waals surface area contributed by atoms with Crippen molar-refractivity contribution in [3.05, 3.63) is 47.4 Å². The molecule has 1 aromatic heterocycles. The summed E-state index contributed by atoms with van der Waals surface area (Å²) in [6, 6.07) is 5.32. The molecule has 2 N–H and O–H groups in total. The SMILES string of the molecule is CNc1cc(CN(C)S(=O)(=O)c2cccc(C(F)(F)F)c2)nc(C2CCCN2)n1. The lowest BCUT2D eigenvalue weighted by molar-refractivity contribution is -0.137. The van der Waals surface area contributed by atoms with Crippen molar-refractivity contribution in [2.75, 3.05) is 26.0 Å². The first kappa shape index (κ1) is 21.5. The zero-order chi connectivity index (χ0) is 21.2. The Morgan fingerprint density at radius 1 is 1.28 bits per heavy atom. The molecule has 158 valence electrons. The van der Waals surface area contributed by atoms with Crippen molar-refractivity contribution in [1.29, 1.82) is 0 Å². The van der Waals surface area contributed by atoms with Gasteiger partial charge >= 0.3 is 6.18 Å². The summed E-state index contributed by atoms with van der Waals surface area (Å²) in [5.41, 5.74) is -0.563. The molecule has 1 aliphatic heterocycles. The molecule has 1 aliphatic rings. The Kier molecular flexibility index (Phi) is 6.11. The maximum Gasteiger partial charge on any atom is 0.416 e. The molecule has 2 heterocycles. The molecule has 0 saturated carbocycles. The average Bonchev–Trinajstić information content (AvgIpc) is 3.22. The van der Waals surface area contributed by atoms with E-state index in [1.165, 1.54) is 7.05 Å². The van der Waals surface area contributed by atoms with Gasteiger partial charge in [0.25, 0.3) is 0 Å². The lowest BCUT2D eigenvalue weighted by Gasteiger charge is -2.19. The molecule has 7 nitrogen and oxygen atoms in total. The Morgan fingerprint density at radius 3 is 2.66 bits per heavy atom. The van der Waals surface area contributed by atoms with Crippen LogP contribution in [0.1, 0.15) is 36.0 Å². The fraction of sp³-hybridized carbons (Fsp3) is 0.444. The van der Waals surface area contributed by atoms with Gasteiger partial charge in [-0.05, 0) is 37.6 Å². The number of halogens is 3. The number of nitrogens with one attached hydrogen (secondary N) is 2. The predicted molar refractivity (Wildman–Crippen MR) is 102 cm³/mol. The number of sulfonamides is 1. The number of anilines is 1. The van der Waals surface area contributed by atoms with Gasteiger partial charge in [0.05, 0.1) is 28.7 Å². The Hall–Kier alpha value is -2.24. The van der Waals surface area contributed by atoms with Crippen LogP contribution in [0, 0.1) is 0 Å². The monoisotopic (exact) mass is 429 g/mol. The minimum Gasteiger partial charge on any atom is -0.373 e. The molecule has 1 unspecified atom stereocenters. The van der Waals surface area contributed by atoms with Crippen LogP contribution >= 0.6 is 0 Å². The molecule has 3 rings (SSSR count). The first-order valence-corrected chi connectivity index (χ1v) is 10.5. The summed E-state index contributed by atoms with van der Waals surface area (Å²) in [6.45, 7) is 0.756. The van der Waals surface area contributed by atoms with Gasteiger partial charge in [-0.25, -0.2) is 18.4 Å². The zero-order valence-electron chi connectivity index (χ0n) is 16.0. The van der Waals surface area contributed by atoms with Gasteiger partial charge < -0.3 is 10.6 Å². The molecule has 0 aliphatic carbocycles. The van der Waals surface area contributed by atoms with Gasteiger partial charge in [-0.3, -0.25) is 0 Å². The number of nitrogens with zero attached hydrogens (tertiary/aromatic N) is 3. The van der Waals surface area contributed by atoms with Crippen molar-refractivity contribution in [3.63, 3.8) is 0 Å². The summed E-state index contributed by atoms with van der Waals surface area (Å²) in [4.78, 5) is 8.47. The molecule has 1 saturated heterocycles. The number of alkyl halides is 3. The van der Waals surface area contributed by atoms with E-state index in [0.29, 0.717) is 23.4 Å². The van der Waals surface area contributed by atoms with Gasteiger partial charge in [0.15, 0.2) is 0 Å². The number of aromatic nitrogens is 2. The number of benzene rings is 1. The van der Waals surface area contributed by atoms with Gasteiger partial charge in [-0.1, -0.05) is 6.07 Å². The van der Waals surface area contributed by atoms with E-state index in [1.54, 1.807) is 13.1 Å². The van der Waals surface area contributed by atoms with Gasteiger partial charge in [-0.15, -0.1) is 0 Å². The highest BCUT2D eigenvalue weighted by atomic mass is 32.2. The van der Waals surface area contributed by atoms with E-state index in [2.05, 4.69) is 20.6 Å². The van der Waals surface area contributed by atoms with E-state index >= 15 is 0 Å². The van der Waals surface area contributed by atoms with E-state index in [0.717, 1.165) is 41.9 Å². The molecule has 11 heteroatoms. The Bertz CT molecular complexity index is 976. The van der Waals surface area contributed by atoms with Crippen LogP contribution in [0.25, 0.3) is 0 Å². The van der Waals surface area contributed by atoms with Crippen molar-refractivity contribution in [1.82, 2.24) is 19.6 Å². The average molecular weight is 429 g/mol. The van der Waals surface area contributed by atoms with Crippen molar-refractivity contribution >= 4 is 15.8 Å². The molecule has 1 fully saturated rings. The summed E-state index contributed by atoms with van der Waals surface area (Å²) in [5.74, 6) is 1.11. The van der Waals surface area contributed by atoms with E-state index in [-0.39, 0.29) is 12.6 Å². The fourth-order valence-electron chi connectivity index (χ4n) is 3.11. The third kappa shape index (κ3) is 4.85. The van der Waals surface area contributed by atoms with Crippen molar-refractivity contribution < 1.29 is 21.6 Å². The highest BCUT2D eigenvalue weighted by molar-refractivity contribution is 7.89. The molecule has 0 amide bonds. The van der Waals surface area contributed by atoms with Crippen LogP contribution in [0.2, 0.25) is 0 Å². The molecule has 0 radical (unpaired) electrons. The van der Waals surface area contributed by atoms with Gasteiger partial charge in [0.2, 0.25) is 10.0 Å². The Morgan fingerprint density at radius 2 is 2.03 bits per heavy atom. The zero-order valence-corrected chi connectivity index (χ0v) is 16.8. The van der Waals surface area contributed by atoms with Crippen molar-refractivity contribution in [2.45, 2.75) is 36.5 Å². The highest BCUT2D eigenvalue weighted by Gasteiger charge is 2.32. The topological polar surface area (TPSA) is 87.2 Å². The van der Waals surface area contributed by atoms with Gasteiger partial charge in [-0.2, -0.15) is 17.5 Å². The fourth-order valence-corrected chi connectivity index (χ4v) is 4.30. The second kappa shape index (κ2) is 8.25. The normalized spacial score (nSPS) is 17.7. The van der Waals surface area contributed by atoms with Crippen LogP contribution in [0.5, 0.6) is 0 Å². The summed E-state index contributed by atoms with van der Waals surface area (Å²) in [7, 11) is -1.13. The summed E-state index contributed by atoms with van der Waals surface area (Å²) < 4.78 is 65.4. The maximum absolute atomic E-state index is 12.9. The molecule has 29 heavy (non-hydrogen) atoms. The van der Waals surface area contributed by atoms with Crippen LogP contribution in [0.3, 0.4) is 0 Å². The second-order valence-corrected chi connectivity index (χ2v) is 8.83. The standard InChI is InChI=1S/C18H22F3N5O2S/c1-22-16-10-13(24-17(25-16)15-7-4-8-23-15)11-26(2)29(27,28)14-6-3-5-12(9-14)18(19,20)21/h3,5-6,9-10,15,23H,4,7-8,11H2,1-2H3,(H,22,24,25). The smallest absolute Gasteiger partial charge is 0.373 e. The summed E-state index contributed by atoms with van der Waals surface area (Å²) in [5, 5.41) is 6.22. The summed E-state index contributed by atoms with van der Waals surface area (Å²) >= 11 is 0. The number of hydrogen-bond donors (Lipinski definition) is 2. The second-order valence-electron chi connectivity index (χ2n) is 6.79. The van der Waals surface area contributed by atoms with Crippen LogP contribution < -0.4 is 10.6 Å². The minimum absolute atomic E-state index is 0.00701. The molecule has 1 atom stereocenters. The first-order valence-electron chi connectivity index (χ1n) is 9.04. The largest absolute Gasteiger partial charge is 0.416 e. The lowest BCUT2D eigenvalue weighted by Crippen LogP contribution is -2.28. The lowest BCUT2D eigenvalue weighted by atomic mass is 10.2. The van der Waals surface area contributed by atoms with Gasteiger partial charge in [0.1, 0.15) is 11.6 Å². The molecular formula is C18H22F3N5O2S. The molecule has 1 aromatic carbocycles. The van der Waals surface area contributed by atoms with Crippen molar-refractivity contribution in [3.8, 4) is 0 Å². The predicted octanol–water partition coefficient (Wildman–Crippen LogP) is 2.78. The molecule has 0 bridgehead atoms. The van der Waals surface area contributed by atoms with E-state index in [1.807, 2.05) is 0 Å². The van der Waals surface area contributed by atoms with Crippen LogP contribution in [-0.4, -0.2) is 43.3 Å². The van der Waals surface area contributed by atoms with Gasteiger partial charge in [0, 0.05) is 20.2 Å². The Labute approximate surface area is 167 Å². The maximum atomic E-state index is 12.9. The number of hydrogen-bond acceptors (Lipinski definition) is 6. The van der Waals surface area contributed by atoms with Crippen LogP contribution in [0.4, 0.5) is 19.0 Å². The van der Waals surface area contributed by atoms with E-state index in [9.17, 15) is 21.6 Å². The third-order valence-corrected chi connectivity index (χ3v) is 6.48. The Balaban J connectivity index is 1.87. The minimum atomic E-state index is -4.62. The number of rotatable bonds is 6. The molecular weight excluding hydrogens is 407 g/mol. The third-order valence-electron chi connectivity index (χ3n) is 4.68. The molecule has 2 aromatic rings. The molecule has 0 spiro atoms. The quantitative estimate of drug-likeness (QED) is 0.734. The first-order chi connectivity index (χ1) is 13.6. The highest BCUT2D eigenvalue weighted by Crippen LogP contribution is 2.31. The van der Waals surface area contributed by atoms with Crippen LogP contribution in [-0.2, 0) is 22.7 Å². The van der Waals surface area contributed by atoms with E-state index in [4.69, 9.17) is 0 Å².